The van der Waals surface area contributed by atoms with Crippen molar-refractivity contribution < 1.29 is 14.3 Å². The highest BCUT2D eigenvalue weighted by molar-refractivity contribution is 5.69. The van der Waals surface area contributed by atoms with E-state index in [0.29, 0.717) is 17.9 Å². The minimum Gasteiger partial charge on any atom is -0.444 e. The number of hydrogen-bond donors (Lipinski definition) is 1. The molecule has 0 aromatic rings. The number of carbonyl (C=O) groups excluding carboxylic acids is 1. The molecular formula is C16H28N2O3. The lowest BCUT2D eigenvalue weighted by Crippen LogP contribution is -2.40. The van der Waals surface area contributed by atoms with Crippen LogP contribution in [-0.2, 0) is 9.47 Å². The van der Waals surface area contributed by atoms with E-state index in [4.69, 9.17) is 9.47 Å². The number of hydrogen-bond acceptors (Lipinski definition) is 4. The van der Waals surface area contributed by atoms with Crippen LogP contribution in [0, 0.1) is 17.8 Å². The van der Waals surface area contributed by atoms with Crippen LogP contribution in [0.15, 0.2) is 0 Å². The van der Waals surface area contributed by atoms with Gasteiger partial charge < -0.3 is 19.7 Å². The Kier molecular flexibility index (Phi) is 4.14. The first-order chi connectivity index (χ1) is 9.94. The fraction of sp³-hybridized carbons (Fsp3) is 0.938. The fourth-order valence-electron chi connectivity index (χ4n) is 3.56. The molecule has 5 nitrogen and oxygen atoms in total. The van der Waals surface area contributed by atoms with Gasteiger partial charge in [-0.1, -0.05) is 0 Å². The molecule has 0 bridgehead atoms. The molecule has 0 spiro atoms. The van der Waals surface area contributed by atoms with Gasteiger partial charge >= 0.3 is 6.09 Å². The van der Waals surface area contributed by atoms with Crippen molar-refractivity contribution in [3.8, 4) is 0 Å². The Hall–Kier alpha value is -0.810. The van der Waals surface area contributed by atoms with Crippen LogP contribution in [0.3, 0.4) is 0 Å². The molecule has 1 aliphatic carbocycles. The molecule has 2 saturated heterocycles. The van der Waals surface area contributed by atoms with E-state index in [1.807, 2.05) is 25.7 Å². The maximum absolute atomic E-state index is 12.0. The van der Waals surface area contributed by atoms with E-state index in [-0.39, 0.29) is 6.09 Å². The van der Waals surface area contributed by atoms with Gasteiger partial charge in [-0.3, -0.25) is 0 Å². The number of amides is 1. The molecular weight excluding hydrogens is 268 g/mol. The Morgan fingerprint density at radius 3 is 2.43 bits per heavy atom. The van der Waals surface area contributed by atoms with Crippen molar-refractivity contribution in [1.82, 2.24) is 10.2 Å². The zero-order valence-electron chi connectivity index (χ0n) is 13.4. The lowest BCUT2D eigenvalue weighted by atomic mass is 10.0. The topological polar surface area (TPSA) is 50.8 Å². The minimum absolute atomic E-state index is 0.155. The van der Waals surface area contributed by atoms with E-state index in [9.17, 15) is 4.79 Å². The third-order valence-corrected chi connectivity index (χ3v) is 4.83. The average molecular weight is 296 g/mol. The molecule has 2 unspecified atom stereocenters. The summed E-state index contributed by atoms with van der Waals surface area (Å²) in [5.41, 5.74) is -0.398. The molecule has 2 heterocycles. The number of fused-ring (bicyclic) bond motifs is 1. The van der Waals surface area contributed by atoms with Gasteiger partial charge in [-0.2, -0.15) is 0 Å². The maximum atomic E-state index is 12.0. The standard InChI is InChI=1S/C16H28N2O3/c1-16(2,3)21-15(19)18-9-12-13(10-18)14(12)17-8-11-4-6-20-7-5-11/h11-14,17H,4-10H2,1-3H3. The normalized spacial score (nSPS) is 32.9. The van der Waals surface area contributed by atoms with Crippen molar-refractivity contribution in [3.05, 3.63) is 0 Å². The van der Waals surface area contributed by atoms with Gasteiger partial charge in [-0.05, 0) is 57.9 Å². The molecule has 3 fully saturated rings. The molecule has 1 amide bonds. The van der Waals surface area contributed by atoms with E-state index in [1.54, 1.807) is 0 Å². The minimum atomic E-state index is -0.398. The quantitative estimate of drug-likeness (QED) is 0.864. The molecule has 1 N–H and O–H groups in total. The summed E-state index contributed by atoms with van der Waals surface area (Å²) in [6.07, 6.45) is 2.20. The second kappa shape index (κ2) is 5.76. The van der Waals surface area contributed by atoms with Gasteiger partial charge in [0.25, 0.3) is 0 Å². The number of nitrogens with one attached hydrogen (secondary N) is 1. The van der Waals surface area contributed by atoms with Gasteiger partial charge in [0.05, 0.1) is 0 Å². The molecule has 0 aromatic carbocycles. The predicted molar refractivity (Wildman–Crippen MR) is 80.1 cm³/mol. The number of likely N-dealkylation sites (tertiary alicyclic amines) is 1. The van der Waals surface area contributed by atoms with E-state index >= 15 is 0 Å². The van der Waals surface area contributed by atoms with Crippen LogP contribution < -0.4 is 5.32 Å². The Labute approximate surface area is 127 Å². The third-order valence-electron chi connectivity index (χ3n) is 4.83. The van der Waals surface area contributed by atoms with E-state index in [1.165, 1.54) is 12.8 Å². The van der Waals surface area contributed by atoms with Crippen LogP contribution in [0.4, 0.5) is 4.79 Å². The summed E-state index contributed by atoms with van der Waals surface area (Å²) < 4.78 is 10.8. The molecule has 120 valence electrons. The fourth-order valence-corrected chi connectivity index (χ4v) is 3.56. The van der Waals surface area contributed by atoms with E-state index in [0.717, 1.165) is 38.8 Å². The lowest BCUT2D eigenvalue weighted by molar-refractivity contribution is 0.0267. The van der Waals surface area contributed by atoms with Crippen molar-refractivity contribution in [2.45, 2.75) is 45.3 Å². The molecule has 0 aromatic heterocycles. The monoisotopic (exact) mass is 296 g/mol. The second-order valence-electron chi connectivity index (χ2n) is 7.70. The summed E-state index contributed by atoms with van der Waals surface area (Å²) in [4.78, 5) is 13.9. The van der Waals surface area contributed by atoms with Crippen LogP contribution in [0.5, 0.6) is 0 Å². The number of rotatable bonds is 3. The molecule has 3 aliphatic rings. The van der Waals surface area contributed by atoms with Crippen LogP contribution in [0.1, 0.15) is 33.6 Å². The first-order valence-corrected chi connectivity index (χ1v) is 8.23. The molecule has 1 saturated carbocycles. The summed E-state index contributed by atoms with van der Waals surface area (Å²) in [6, 6.07) is 0.617. The van der Waals surface area contributed by atoms with E-state index in [2.05, 4.69) is 5.32 Å². The van der Waals surface area contributed by atoms with Crippen LogP contribution in [0.25, 0.3) is 0 Å². The predicted octanol–water partition coefficient (Wildman–Crippen LogP) is 1.87. The Morgan fingerprint density at radius 2 is 1.86 bits per heavy atom. The van der Waals surface area contributed by atoms with E-state index < -0.39 is 5.60 Å². The first kappa shape index (κ1) is 15.1. The van der Waals surface area contributed by atoms with Gasteiger partial charge in [0.1, 0.15) is 5.60 Å². The van der Waals surface area contributed by atoms with Crippen LogP contribution in [0.2, 0.25) is 0 Å². The number of carbonyl (C=O) groups is 1. The van der Waals surface area contributed by atoms with Crippen LogP contribution in [-0.4, -0.2) is 55.5 Å². The van der Waals surface area contributed by atoms with Gasteiger partial charge in [0, 0.05) is 32.3 Å². The number of ether oxygens (including phenoxy) is 2. The van der Waals surface area contributed by atoms with Crippen molar-refractivity contribution in [2.24, 2.45) is 17.8 Å². The van der Waals surface area contributed by atoms with Crippen LogP contribution >= 0.6 is 0 Å². The third kappa shape index (κ3) is 3.69. The maximum Gasteiger partial charge on any atom is 0.410 e. The Balaban J connectivity index is 1.37. The summed E-state index contributed by atoms with van der Waals surface area (Å²) in [5, 5.41) is 3.70. The SMILES string of the molecule is CC(C)(C)OC(=O)N1CC2C(C1)C2NCC1CCOCC1. The van der Waals surface area contributed by atoms with Crippen molar-refractivity contribution in [2.75, 3.05) is 32.8 Å². The van der Waals surface area contributed by atoms with Gasteiger partial charge in [-0.25, -0.2) is 4.79 Å². The molecule has 21 heavy (non-hydrogen) atoms. The Morgan fingerprint density at radius 1 is 1.24 bits per heavy atom. The second-order valence-corrected chi connectivity index (χ2v) is 7.70. The summed E-state index contributed by atoms with van der Waals surface area (Å²) in [7, 11) is 0. The largest absolute Gasteiger partial charge is 0.444 e. The Bertz CT molecular complexity index is 375. The molecule has 2 atom stereocenters. The number of nitrogens with zero attached hydrogens (tertiary/aromatic N) is 1. The van der Waals surface area contributed by atoms with Gasteiger partial charge in [-0.15, -0.1) is 0 Å². The summed E-state index contributed by atoms with van der Waals surface area (Å²) in [5.74, 6) is 2.04. The highest BCUT2D eigenvalue weighted by Crippen LogP contribution is 2.45. The highest BCUT2D eigenvalue weighted by Gasteiger charge is 2.57. The molecule has 2 aliphatic heterocycles. The molecule has 5 heteroatoms. The molecule has 3 rings (SSSR count). The summed E-state index contributed by atoms with van der Waals surface area (Å²) >= 11 is 0. The molecule has 0 radical (unpaired) electrons. The van der Waals surface area contributed by atoms with Gasteiger partial charge in [0.2, 0.25) is 0 Å². The zero-order chi connectivity index (χ0) is 15.0. The van der Waals surface area contributed by atoms with Gasteiger partial charge in [0.15, 0.2) is 0 Å². The highest BCUT2D eigenvalue weighted by atomic mass is 16.6. The average Bonchev–Trinajstić information content (AvgIpc) is 2.87. The number of piperidine rings is 1. The van der Waals surface area contributed by atoms with Crippen molar-refractivity contribution >= 4 is 6.09 Å². The van der Waals surface area contributed by atoms with Crippen molar-refractivity contribution in [1.29, 1.82) is 0 Å². The summed E-state index contributed by atoms with van der Waals surface area (Å²) in [6.45, 7) is 10.4. The first-order valence-electron chi connectivity index (χ1n) is 8.23. The zero-order valence-corrected chi connectivity index (χ0v) is 13.4. The lowest BCUT2D eigenvalue weighted by Gasteiger charge is -2.26. The smallest absolute Gasteiger partial charge is 0.410 e. The van der Waals surface area contributed by atoms with Crippen molar-refractivity contribution in [3.63, 3.8) is 0 Å².